The van der Waals surface area contributed by atoms with Gasteiger partial charge in [0.05, 0.1) is 24.0 Å². The van der Waals surface area contributed by atoms with Crippen molar-refractivity contribution in [1.29, 1.82) is 5.26 Å². The third-order valence-corrected chi connectivity index (χ3v) is 2.85. The Bertz CT molecular complexity index is 618. The van der Waals surface area contributed by atoms with Gasteiger partial charge in [-0.3, -0.25) is 4.98 Å². The molecule has 0 fully saturated rings. The van der Waals surface area contributed by atoms with Gasteiger partial charge in [0.25, 0.3) is 0 Å². The van der Waals surface area contributed by atoms with Crippen molar-refractivity contribution in [2.45, 2.75) is 13.5 Å². The van der Waals surface area contributed by atoms with E-state index >= 15 is 0 Å². The molecule has 2 aromatic rings. The fourth-order valence-corrected chi connectivity index (χ4v) is 1.90. The average Bonchev–Trinajstić information content (AvgIpc) is 2.48. The number of nitrogens with one attached hydrogen (secondary N) is 1. The van der Waals surface area contributed by atoms with Crippen LogP contribution < -0.4 is 10.2 Å². The van der Waals surface area contributed by atoms with Crippen LogP contribution in [0.25, 0.3) is 0 Å². The van der Waals surface area contributed by atoms with Gasteiger partial charge in [-0.05, 0) is 24.6 Å². The zero-order valence-electron chi connectivity index (χ0n) is 11.7. The molecule has 5 nitrogen and oxygen atoms in total. The molecule has 2 rings (SSSR count). The van der Waals surface area contributed by atoms with Gasteiger partial charge < -0.3 is 10.2 Å². The predicted octanol–water partition coefficient (Wildman–Crippen LogP) is 2.42. The highest BCUT2D eigenvalue weighted by Crippen LogP contribution is 2.14. The Labute approximate surface area is 118 Å². The van der Waals surface area contributed by atoms with Crippen molar-refractivity contribution in [3.8, 4) is 6.07 Å². The van der Waals surface area contributed by atoms with Gasteiger partial charge in [0, 0.05) is 20.1 Å². The fourth-order valence-electron chi connectivity index (χ4n) is 1.90. The number of nitrogens with zero attached hydrogens (tertiary/aromatic N) is 4. The van der Waals surface area contributed by atoms with Crippen molar-refractivity contribution in [3.05, 3.63) is 47.8 Å². The summed E-state index contributed by atoms with van der Waals surface area (Å²) in [4.78, 5) is 10.7. The molecule has 1 aromatic carbocycles. The first kappa shape index (κ1) is 13.8. The SMILES string of the molecule is CCNc1cncc(N(C)Cc2cccc(C#N)c2)n1. The Morgan fingerprint density at radius 1 is 1.35 bits per heavy atom. The van der Waals surface area contributed by atoms with E-state index in [1.807, 2.05) is 37.1 Å². The van der Waals surface area contributed by atoms with E-state index in [9.17, 15) is 0 Å². The second-order valence-corrected chi connectivity index (χ2v) is 4.46. The standard InChI is InChI=1S/C15H17N5/c1-3-18-14-9-17-10-15(19-14)20(2)11-13-6-4-5-12(7-13)8-16/h4-7,9-10H,3,11H2,1-2H3,(H,18,19). The first-order valence-electron chi connectivity index (χ1n) is 6.49. The molecular weight excluding hydrogens is 250 g/mol. The minimum Gasteiger partial charge on any atom is -0.369 e. The van der Waals surface area contributed by atoms with Gasteiger partial charge >= 0.3 is 0 Å². The molecule has 0 amide bonds. The first-order chi connectivity index (χ1) is 9.72. The highest BCUT2D eigenvalue weighted by Gasteiger charge is 2.06. The van der Waals surface area contributed by atoms with Crippen LogP contribution in [0.5, 0.6) is 0 Å². The topological polar surface area (TPSA) is 64.8 Å². The molecular formula is C15H17N5. The molecule has 1 heterocycles. The molecule has 0 aliphatic carbocycles. The monoisotopic (exact) mass is 267 g/mol. The molecule has 102 valence electrons. The summed E-state index contributed by atoms with van der Waals surface area (Å²) in [7, 11) is 1.96. The van der Waals surface area contributed by atoms with Crippen LogP contribution in [0.4, 0.5) is 11.6 Å². The van der Waals surface area contributed by atoms with Gasteiger partial charge in [0.1, 0.15) is 11.6 Å². The summed E-state index contributed by atoms with van der Waals surface area (Å²) in [6.07, 6.45) is 3.44. The molecule has 1 N–H and O–H groups in total. The summed E-state index contributed by atoms with van der Waals surface area (Å²) in [6, 6.07) is 9.73. The smallest absolute Gasteiger partial charge is 0.149 e. The lowest BCUT2D eigenvalue weighted by molar-refractivity contribution is 0.889. The number of nitriles is 1. The predicted molar refractivity (Wildman–Crippen MR) is 79.5 cm³/mol. The van der Waals surface area contributed by atoms with Crippen molar-refractivity contribution < 1.29 is 0 Å². The number of hydrogen-bond donors (Lipinski definition) is 1. The third kappa shape index (κ3) is 3.45. The zero-order chi connectivity index (χ0) is 14.4. The molecule has 0 radical (unpaired) electrons. The van der Waals surface area contributed by atoms with Crippen molar-refractivity contribution in [2.24, 2.45) is 0 Å². The number of aromatic nitrogens is 2. The average molecular weight is 267 g/mol. The molecule has 0 saturated carbocycles. The Balaban J connectivity index is 2.13. The maximum absolute atomic E-state index is 8.91. The van der Waals surface area contributed by atoms with Crippen molar-refractivity contribution in [1.82, 2.24) is 9.97 Å². The zero-order valence-corrected chi connectivity index (χ0v) is 11.7. The normalized spacial score (nSPS) is 9.85. The van der Waals surface area contributed by atoms with E-state index in [1.54, 1.807) is 18.5 Å². The minimum atomic E-state index is 0.670. The Kier molecular flexibility index (Phi) is 4.51. The van der Waals surface area contributed by atoms with Crippen LogP contribution in [0.2, 0.25) is 0 Å². The molecule has 20 heavy (non-hydrogen) atoms. The summed E-state index contributed by atoms with van der Waals surface area (Å²) in [6.45, 7) is 3.51. The molecule has 0 atom stereocenters. The Hall–Kier alpha value is -2.61. The van der Waals surface area contributed by atoms with E-state index < -0.39 is 0 Å². The van der Waals surface area contributed by atoms with E-state index in [0.717, 1.165) is 23.7 Å². The van der Waals surface area contributed by atoms with E-state index in [1.165, 1.54) is 0 Å². The van der Waals surface area contributed by atoms with Crippen molar-refractivity contribution in [2.75, 3.05) is 23.8 Å². The lowest BCUT2D eigenvalue weighted by Gasteiger charge is -2.18. The molecule has 0 bridgehead atoms. The molecule has 0 aliphatic rings. The summed E-state index contributed by atoms with van der Waals surface area (Å²) < 4.78 is 0. The second-order valence-electron chi connectivity index (χ2n) is 4.46. The Morgan fingerprint density at radius 3 is 2.95 bits per heavy atom. The van der Waals surface area contributed by atoms with E-state index in [4.69, 9.17) is 5.26 Å². The van der Waals surface area contributed by atoms with Crippen molar-refractivity contribution >= 4 is 11.6 Å². The summed E-state index contributed by atoms with van der Waals surface area (Å²) in [5.74, 6) is 1.56. The number of rotatable bonds is 5. The van der Waals surface area contributed by atoms with Gasteiger partial charge in [0.2, 0.25) is 0 Å². The van der Waals surface area contributed by atoms with Crippen LogP contribution >= 0.6 is 0 Å². The maximum atomic E-state index is 8.91. The van der Waals surface area contributed by atoms with Gasteiger partial charge in [0.15, 0.2) is 0 Å². The number of anilines is 2. The number of hydrogen-bond acceptors (Lipinski definition) is 5. The third-order valence-electron chi connectivity index (χ3n) is 2.85. The summed E-state index contributed by atoms with van der Waals surface area (Å²) >= 11 is 0. The molecule has 0 unspecified atom stereocenters. The molecule has 5 heteroatoms. The highest BCUT2D eigenvalue weighted by molar-refractivity contribution is 5.44. The molecule has 0 spiro atoms. The van der Waals surface area contributed by atoms with Gasteiger partial charge in [-0.1, -0.05) is 12.1 Å². The van der Waals surface area contributed by atoms with E-state index in [-0.39, 0.29) is 0 Å². The second kappa shape index (κ2) is 6.53. The molecule has 0 saturated heterocycles. The van der Waals surface area contributed by atoms with Crippen LogP contribution in [-0.4, -0.2) is 23.6 Å². The lowest BCUT2D eigenvalue weighted by atomic mass is 10.1. The van der Waals surface area contributed by atoms with Crippen LogP contribution in [-0.2, 0) is 6.54 Å². The van der Waals surface area contributed by atoms with Crippen LogP contribution in [0, 0.1) is 11.3 Å². The lowest BCUT2D eigenvalue weighted by Crippen LogP contribution is -2.18. The highest BCUT2D eigenvalue weighted by atomic mass is 15.2. The first-order valence-corrected chi connectivity index (χ1v) is 6.49. The van der Waals surface area contributed by atoms with Crippen LogP contribution in [0.15, 0.2) is 36.7 Å². The Morgan fingerprint density at radius 2 is 2.20 bits per heavy atom. The molecule has 1 aromatic heterocycles. The van der Waals surface area contributed by atoms with Gasteiger partial charge in [-0.25, -0.2) is 4.98 Å². The maximum Gasteiger partial charge on any atom is 0.149 e. The summed E-state index contributed by atoms with van der Waals surface area (Å²) in [5, 5.41) is 12.1. The fraction of sp³-hybridized carbons (Fsp3) is 0.267. The van der Waals surface area contributed by atoms with E-state index in [2.05, 4.69) is 21.4 Å². The van der Waals surface area contributed by atoms with Gasteiger partial charge in [-0.2, -0.15) is 5.26 Å². The summed E-state index contributed by atoms with van der Waals surface area (Å²) in [5.41, 5.74) is 1.74. The van der Waals surface area contributed by atoms with Gasteiger partial charge in [-0.15, -0.1) is 0 Å². The minimum absolute atomic E-state index is 0.670. The largest absolute Gasteiger partial charge is 0.369 e. The van der Waals surface area contributed by atoms with Crippen LogP contribution in [0.3, 0.4) is 0 Å². The molecule has 0 aliphatic heterocycles. The van der Waals surface area contributed by atoms with E-state index in [0.29, 0.717) is 12.1 Å². The quantitative estimate of drug-likeness (QED) is 0.901. The van der Waals surface area contributed by atoms with Crippen molar-refractivity contribution in [3.63, 3.8) is 0 Å². The van der Waals surface area contributed by atoms with Crippen LogP contribution in [0.1, 0.15) is 18.1 Å². The number of benzene rings is 1.